The molecule has 0 atom stereocenters. The first-order chi connectivity index (χ1) is 9.24. The summed E-state index contributed by atoms with van der Waals surface area (Å²) in [6, 6.07) is 9.86. The van der Waals surface area contributed by atoms with Crippen molar-refractivity contribution in [1.29, 1.82) is 0 Å². The molecule has 0 aliphatic carbocycles. The van der Waals surface area contributed by atoms with E-state index in [9.17, 15) is 4.79 Å². The number of nitrogens with one attached hydrogen (secondary N) is 1. The van der Waals surface area contributed by atoms with Crippen molar-refractivity contribution < 1.29 is 4.79 Å². The van der Waals surface area contributed by atoms with Gasteiger partial charge < -0.3 is 11.1 Å². The molecule has 0 bridgehead atoms. The predicted molar refractivity (Wildman–Crippen MR) is 75.7 cm³/mol. The second-order valence-electron chi connectivity index (χ2n) is 3.91. The van der Waals surface area contributed by atoms with Crippen LogP contribution in [0.3, 0.4) is 0 Å². The molecule has 5 nitrogen and oxygen atoms in total. The van der Waals surface area contributed by atoms with E-state index in [2.05, 4.69) is 15.3 Å². The van der Waals surface area contributed by atoms with E-state index >= 15 is 0 Å². The minimum absolute atomic E-state index is 0.257. The van der Waals surface area contributed by atoms with Gasteiger partial charge in [0.05, 0.1) is 0 Å². The molecule has 0 unspecified atom stereocenters. The van der Waals surface area contributed by atoms with Gasteiger partial charge in [0.2, 0.25) is 0 Å². The van der Waals surface area contributed by atoms with Crippen molar-refractivity contribution >= 4 is 39.0 Å². The number of pyridine rings is 1. The van der Waals surface area contributed by atoms with Crippen molar-refractivity contribution in [2.45, 2.75) is 0 Å². The van der Waals surface area contributed by atoms with Crippen molar-refractivity contribution in [3.05, 3.63) is 47.6 Å². The Labute approximate surface area is 113 Å². The number of nitrogens with zero attached hydrogens (tertiary/aromatic N) is 2. The highest BCUT2D eigenvalue weighted by molar-refractivity contribution is 7.14. The van der Waals surface area contributed by atoms with Gasteiger partial charge in [0.25, 0.3) is 5.91 Å². The number of rotatable bonds is 3. The highest BCUT2D eigenvalue weighted by Gasteiger charge is 2.08. The lowest BCUT2D eigenvalue weighted by Crippen LogP contribution is -2.11. The van der Waals surface area contributed by atoms with Crippen molar-refractivity contribution in [3.63, 3.8) is 0 Å². The van der Waals surface area contributed by atoms with Crippen LogP contribution in [0.4, 0.5) is 10.9 Å². The maximum Gasteiger partial charge on any atom is 0.268 e. The van der Waals surface area contributed by atoms with Gasteiger partial charge in [-0.05, 0) is 11.5 Å². The first-order valence-corrected chi connectivity index (χ1v) is 6.48. The molecule has 2 aromatic heterocycles. The van der Waals surface area contributed by atoms with Crippen molar-refractivity contribution in [1.82, 2.24) is 9.97 Å². The highest BCUT2D eigenvalue weighted by atomic mass is 32.1. The van der Waals surface area contributed by atoms with Gasteiger partial charge in [-0.15, -0.1) is 11.3 Å². The van der Waals surface area contributed by atoms with E-state index in [0.29, 0.717) is 10.9 Å². The lowest BCUT2D eigenvalue weighted by atomic mass is 10.2. The van der Waals surface area contributed by atoms with Gasteiger partial charge in [-0.3, -0.25) is 4.79 Å². The summed E-state index contributed by atoms with van der Waals surface area (Å²) in [4.78, 5) is 19.4. The van der Waals surface area contributed by atoms with Gasteiger partial charge in [0, 0.05) is 17.0 Å². The number of benzene rings is 1. The summed E-state index contributed by atoms with van der Waals surface area (Å²) in [7, 11) is 0. The Bertz CT molecular complexity index is 748. The number of hydrogen-bond acceptors (Lipinski definition) is 5. The molecule has 0 aliphatic heterocycles. The van der Waals surface area contributed by atoms with Crippen LogP contribution in [-0.4, -0.2) is 15.9 Å². The molecule has 0 radical (unpaired) electrons. The zero-order valence-electron chi connectivity index (χ0n) is 9.83. The molecule has 19 heavy (non-hydrogen) atoms. The standard InChI is InChI=1S/C13H10N4OS/c14-11(18)10-7-19-13(16-10)17-12-9-4-2-1-3-8(9)5-6-15-12/h1-7H,(H2,14,18)(H,15,16,17). The average molecular weight is 270 g/mol. The second-order valence-corrected chi connectivity index (χ2v) is 4.77. The van der Waals surface area contributed by atoms with Crippen LogP contribution in [0.5, 0.6) is 0 Å². The van der Waals surface area contributed by atoms with Gasteiger partial charge in [0.1, 0.15) is 11.5 Å². The fraction of sp³-hybridized carbons (Fsp3) is 0. The molecule has 3 aromatic rings. The topological polar surface area (TPSA) is 80.9 Å². The zero-order valence-corrected chi connectivity index (χ0v) is 10.6. The third kappa shape index (κ3) is 2.25. The molecular weight excluding hydrogens is 260 g/mol. The minimum Gasteiger partial charge on any atom is -0.364 e. The van der Waals surface area contributed by atoms with E-state index in [1.807, 2.05) is 30.3 Å². The Morgan fingerprint density at radius 3 is 2.89 bits per heavy atom. The fourth-order valence-corrected chi connectivity index (χ4v) is 2.46. The van der Waals surface area contributed by atoms with Gasteiger partial charge in [-0.1, -0.05) is 24.3 Å². The van der Waals surface area contributed by atoms with Crippen LogP contribution < -0.4 is 11.1 Å². The van der Waals surface area contributed by atoms with Crippen LogP contribution in [0.2, 0.25) is 0 Å². The van der Waals surface area contributed by atoms with Gasteiger partial charge >= 0.3 is 0 Å². The molecule has 94 valence electrons. The largest absolute Gasteiger partial charge is 0.364 e. The number of amides is 1. The Hall–Kier alpha value is -2.47. The van der Waals surface area contributed by atoms with Crippen molar-refractivity contribution in [3.8, 4) is 0 Å². The SMILES string of the molecule is NC(=O)c1csc(Nc2nccc3ccccc23)n1. The number of hydrogen-bond donors (Lipinski definition) is 2. The monoisotopic (exact) mass is 270 g/mol. The summed E-state index contributed by atoms with van der Waals surface area (Å²) >= 11 is 1.32. The number of fused-ring (bicyclic) bond motifs is 1. The number of thiazole rings is 1. The number of nitrogens with two attached hydrogens (primary N) is 1. The maximum atomic E-state index is 11.0. The maximum absolute atomic E-state index is 11.0. The molecule has 0 saturated heterocycles. The summed E-state index contributed by atoms with van der Waals surface area (Å²) in [5.41, 5.74) is 5.43. The molecule has 3 rings (SSSR count). The van der Waals surface area contributed by atoms with E-state index in [1.54, 1.807) is 11.6 Å². The molecule has 0 saturated carbocycles. The van der Waals surface area contributed by atoms with Gasteiger partial charge in [-0.2, -0.15) is 0 Å². The molecule has 0 fully saturated rings. The third-order valence-corrected chi connectivity index (χ3v) is 3.41. The minimum atomic E-state index is -0.532. The number of anilines is 2. The summed E-state index contributed by atoms with van der Waals surface area (Å²) < 4.78 is 0. The van der Waals surface area contributed by atoms with Crippen LogP contribution in [0, 0.1) is 0 Å². The van der Waals surface area contributed by atoms with E-state index in [4.69, 9.17) is 5.73 Å². The van der Waals surface area contributed by atoms with E-state index in [-0.39, 0.29) is 5.69 Å². The summed E-state index contributed by atoms with van der Waals surface area (Å²) in [6.45, 7) is 0. The zero-order chi connectivity index (χ0) is 13.2. The molecular formula is C13H10N4OS. The molecule has 1 aromatic carbocycles. The van der Waals surface area contributed by atoms with Crippen LogP contribution in [-0.2, 0) is 0 Å². The Kier molecular flexibility index (Phi) is 2.85. The Morgan fingerprint density at radius 1 is 1.26 bits per heavy atom. The van der Waals surface area contributed by atoms with E-state index in [0.717, 1.165) is 10.8 Å². The number of carbonyl (C=O) groups excluding carboxylic acids is 1. The van der Waals surface area contributed by atoms with Gasteiger partial charge in [0.15, 0.2) is 5.13 Å². The number of aromatic nitrogens is 2. The fourth-order valence-electron chi connectivity index (χ4n) is 1.76. The summed E-state index contributed by atoms with van der Waals surface area (Å²) in [5.74, 6) is 0.179. The summed E-state index contributed by atoms with van der Waals surface area (Å²) in [5, 5.41) is 7.42. The van der Waals surface area contributed by atoms with Gasteiger partial charge in [-0.25, -0.2) is 9.97 Å². The number of carbonyl (C=O) groups is 1. The van der Waals surface area contributed by atoms with Crippen LogP contribution in [0.15, 0.2) is 41.9 Å². The van der Waals surface area contributed by atoms with Crippen LogP contribution in [0.1, 0.15) is 10.5 Å². The second kappa shape index (κ2) is 4.66. The van der Waals surface area contributed by atoms with Crippen molar-refractivity contribution in [2.24, 2.45) is 5.73 Å². The quantitative estimate of drug-likeness (QED) is 0.766. The van der Waals surface area contributed by atoms with Crippen LogP contribution in [0.25, 0.3) is 10.8 Å². The van der Waals surface area contributed by atoms with E-state index < -0.39 is 5.91 Å². The average Bonchev–Trinajstić information content (AvgIpc) is 2.88. The third-order valence-electron chi connectivity index (χ3n) is 2.66. The Morgan fingerprint density at radius 2 is 2.11 bits per heavy atom. The molecule has 0 aliphatic rings. The molecule has 6 heteroatoms. The lowest BCUT2D eigenvalue weighted by Gasteiger charge is -2.05. The smallest absolute Gasteiger partial charge is 0.268 e. The molecule has 2 heterocycles. The molecule has 0 spiro atoms. The van der Waals surface area contributed by atoms with E-state index in [1.165, 1.54) is 11.3 Å². The molecule has 1 amide bonds. The predicted octanol–water partition coefficient (Wildman–Crippen LogP) is 2.53. The Balaban J connectivity index is 1.98. The van der Waals surface area contributed by atoms with Crippen molar-refractivity contribution in [2.75, 3.05) is 5.32 Å². The number of primary amides is 1. The first-order valence-electron chi connectivity index (χ1n) is 5.60. The molecule has 3 N–H and O–H groups in total. The summed E-state index contributed by atoms with van der Waals surface area (Å²) in [6.07, 6.45) is 1.73. The highest BCUT2D eigenvalue weighted by Crippen LogP contribution is 2.25. The first kappa shape index (κ1) is 11.6. The lowest BCUT2D eigenvalue weighted by molar-refractivity contribution is 0.0996. The normalized spacial score (nSPS) is 10.5. The van der Waals surface area contributed by atoms with Crippen LogP contribution >= 0.6 is 11.3 Å².